The lowest BCUT2D eigenvalue weighted by molar-refractivity contribution is -0.120. The molecule has 5 nitrogen and oxygen atoms in total. The SMILES string of the molecule is COc1cccc(N(CC(=O)Nc2c(C)cc(C)cc2C)C(C)=O)c1. The number of amides is 2. The van der Waals surface area contributed by atoms with E-state index < -0.39 is 0 Å². The number of rotatable bonds is 5. The molecular weight excluding hydrogens is 316 g/mol. The van der Waals surface area contributed by atoms with Crippen molar-refractivity contribution in [2.45, 2.75) is 27.7 Å². The van der Waals surface area contributed by atoms with Crippen LogP contribution >= 0.6 is 0 Å². The van der Waals surface area contributed by atoms with Crippen molar-refractivity contribution < 1.29 is 14.3 Å². The second kappa shape index (κ2) is 7.83. The highest BCUT2D eigenvalue weighted by Crippen LogP contribution is 2.23. The fraction of sp³-hybridized carbons (Fsp3) is 0.300. The molecule has 0 saturated carbocycles. The van der Waals surface area contributed by atoms with Crippen LogP contribution in [0, 0.1) is 20.8 Å². The molecule has 5 heteroatoms. The number of carbonyl (C=O) groups excluding carboxylic acids is 2. The zero-order valence-electron chi connectivity index (χ0n) is 15.3. The molecule has 0 aliphatic carbocycles. The summed E-state index contributed by atoms with van der Waals surface area (Å²) in [6.45, 7) is 7.32. The number of nitrogens with one attached hydrogen (secondary N) is 1. The molecule has 0 fully saturated rings. The molecule has 2 rings (SSSR count). The van der Waals surface area contributed by atoms with Gasteiger partial charge in [0.2, 0.25) is 11.8 Å². The highest BCUT2D eigenvalue weighted by Gasteiger charge is 2.17. The van der Waals surface area contributed by atoms with Gasteiger partial charge < -0.3 is 15.0 Å². The average Bonchev–Trinajstić information content (AvgIpc) is 2.55. The van der Waals surface area contributed by atoms with E-state index >= 15 is 0 Å². The Hall–Kier alpha value is -2.82. The van der Waals surface area contributed by atoms with E-state index in [4.69, 9.17) is 4.74 Å². The molecule has 0 saturated heterocycles. The Morgan fingerprint density at radius 3 is 2.28 bits per heavy atom. The van der Waals surface area contributed by atoms with E-state index in [1.807, 2.05) is 32.9 Å². The molecular formula is C20H24N2O3. The van der Waals surface area contributed by atoms with E-state index in [1.165, 1.54) is 11.8 Å². The third kappa shape index (κ3) is 4.59. The second-order valence-electron chi connectivity index (χ2n) is 6.13. The number of ether oxygens (including phenoxy) is 1. The van der Waals surface area contributed by atoms with Crippen LogP contribution in [0.3, 0.4) is 0 Å². The minimum Gasteiger partial charge on any atom is -0.497 e. The minimum absolute atomic E-state index is 0.0603. The first-order chi connectivity index (χ1) is 11.8. The van der Waals surface area contributed by atoms with Crippen molar-refractivity contribution in [3.63, 3.8) is 0 Å². The van der Waals surface area contributed by atoms with Gasteiger partial charge in [0.25, 0.3) is 0 Å². The van der Waals surface area contributed by atoms with Crippen LogP contribution in [-0.4, -0.2) is 25.5 Å². The smallest absolute Gasteiger partial charge is 0.244 e. The van der Waals surface area contributed by atoms with E-state index in [2.05, 4.69) is 5.32 Å². The van der Waals surface area contributed by atoms with Gasteiger partial charge in [0.05, 0.1) is 7.11 Å². The van der Waals surface area contributed by atoms with Gasteiger partial charge in [-0.1, -0.05) is 23.8 Å². The number of methoxy groups -OCH3 is 1. The molecule has 132 valence electrons. The predicted molar refractivity (Wildman–Crippen MR) is 100 cm³/mol. The monoisotopic (exact) mass is 340 g/mol. The van der Waals surface area contributed by atoms with Gasteiger partial charge in [-0.25, -0.2) is 0 Å². The lowest BCUT2D eigenvalue weighted by Gasteiger charge is -2.22. The minimum atomic E-state index is -0.243. The molecule has 2 aromatic carbocycles. The largest absolute Gasteiger partial charge is 0.497 e. The fourth-order valence-corrected chi connectivity index (χ4v) is 2.86. The maximum absolute atomic E-state index is 12.5. The van der Waals surface area contributed by atoms with E-state index in [1.54, 1.807) is 31.4 Å². The Morgan fingerprint density at radius 2 is 1.72 bits per heavy atom. The van der Waals surface area contributed by atoms with Gasteiger partial charge in [-0.15, -0.1) is 0 Å². The molecule has 0 spiro atoms. The van der Waals surface area contributed by atoms with E-state index in [-0.39, 0.29) is 18.4 Å². The summed E-state index contributed by atoms with van der Waals surface area (Å²) in [6.07, 6.45) is 0. The van der Waals surface area contributed by atoms with Crippen molar-refractivity contribution in [3.05, 3.63) is 53.1 Å². The van der Waals surface area contributed by atoms with Gasteiger partial charge in [-0.05, 0) is 44.0 Å². The van der Waals surface area contributed by atoms with Crippen LogP contribution in [0.5, 0.6) is 5.75 Å². The topological polar surface area (TPSA) is 58.6 Å². The van der Waals surface area contributed by atoms with Crippen molar-refractivity contribution in [1.29, 1.82) is 0 Å². The number of hydrogen-bond acceptors (Lipinski definition) is 3. The van der Waals surface area contributed by atoms with Crippen LogP contribution < -0.4 is 15.0 Å². The number of hydrogen-bond donors (Lipinski definition) is 1. The van der Waals surface area contributed by atoms with E-state index in [0.717, 1.165) is 22.4 Å². The van der Waals surface area contributed by atoms with Crippen LogP contribution in [0.2, 0.25) is 0 Å². The normalized spacial score (nSPS) is 10.3. The molecule has 0 aliphatic rings. The molecule has 0 heterocycles. The predicted octanol–water partition coefficient (Wildman–Crippen LogP) is 3.61. The van der Waals surface area contributed by atoms with Crippen molar-refractivity contribution >= 4 is 23.2 Å². The summed E-state index contributed by atoms with van der Waals surface area (Å²) in [5.41, 5.74) is 4.57. The molecule has 0 bridgehead atoms. The van der Waals surface area contributed by atoms with E-state index in [9.17, 15) is 9.59 Å². The molecule has 2 amide bonds. The van der Waals surface area contributed by atoms with Crippen molar-refractivity contribution in [3.8, 4) is 5.75 Å². The van der Waals surface area contributed by atoms with Gasteiger partial charge in [0.15, 0.2) is 0 Å². The molecule has 0 unspecified atom stereocenters. The lowest BCUT2D eigenvalue weighted by atomic mass is 10.1. The van der Waals surface area contributed by atoms with Gasteiger partial charge in [-0.3, -0.25) is 9.59 Å². The van der Waals surface area contributed by atoms with Gasteiger partial charge in [0, 0.05) is 24.4 Å². The van der Waals surface area contributed by atoms with Crippen LogP contribution in [0.25, 0.3) is 0 Å². The Kier molecular flexibility index (Phi) is 5.80. The molecule has 0 aliphatic heterocycles. The average molecular weight is 340 g/mol. The Morgan fingerprint density at radius 1 is 1.08 bits per heavy atom. The van der Waals surface area contributed by atoms with Crippen LogP contribution in [0.15, 0.2) is 36.4 Å². The van der Waals surface area contributed by atoms with E-state index in [0.29, 0.717) is 11.4 Å². The van der Waals surface area contributed by atoms with Crippen molar-refractivity contribution in [2.24, 2.45) is 0 Å². The first kappa shape index (κ1) is 18.5. The van der Waals surface area contributed by atoms with Crippen LogP contribution in [0.1, 0.15) is 23.6 Å². The van der Waals surface area contributed by atoms with Crippen molar-refractivity contribution in [2.75, 3.05) is 23.9 Å². The molecule has 25 heavy (non-hydrogen) atoms. The molecule has 1 N–H and O–H groups in total. The lowest BCUT2D eigenvalue weighted by Crippen LogP contribution is -2.36. The summed E-state index contributed by atoms with van der Waals surface area (Å²) < 4.78 is 5.19. The third-order valence-corrected chi connectivity index (χ3v) is 3.99. The maximum atomic E-state index is 12.5. The van der Waals surface area contributed by atoms with Gasteiger partial charge >= 0.3 is 0 Å². The number of anilines is 2. The Balaban J connectivity index is 2.20. The Labute approximate surface area is 148 Å². The first-order valence-electron chi connectivity index (χ1n) is 8.11. The zero-order chi connectivity index (χ0) is 18.6. The molecule has 0 aromatic heterocycles. The van der Waals surface area contributed by atoms with Crippen LogP contribution in [0.4, 0.5) is 11.4 Å². The highest BCUT2D eigenvalue weighted by molar-refractivity contribution is 6.02. The highest BCUT2D eigenvalue weighted by atomic mass is 16.5. The summed E-state index contributed by atoms with van der Waals surface area (Å²) >= 11 is 0. The number of nitrogens with zero attached hydrogens (tertiary/aromatic N) is 1. The second-order valence-corrected chi connectivity index (χ2v) is 6.13. The first-order valence-corrected chi connectivity index (χ1v) is 8.11. The van der Waals surface area contributed by atoms with Crippen molar-refractivity contribution in [1.82, 2.24) is 0 Å². The summed E-state index contributed by atoms with van der Waals surface area (Å²) in [6, 6.07) is 11.1. The third-order valence-electron chi connectivity index (χ3n) is 3.99. The number of aryl methyl sites for hydroxylation is 3. The summed E-state index contributed by atoms with van der Waals surface area (Å²) in [5.74, 6) is 0.184. The van der Waals surface area contributed by atoms with Crippen LogP contribution in [-0.2, 0) is 9.59 Å². The Bertz CT molecular complexity index is 776. The number of carbonyl (C=O) groups is 2. The van der Waals surface area contributed by atoms with Gasteiger partial charge in [-0.2, -0.15) is 0 Å². The zero-order valence-corrected chi connectivity index (χ0v) is 15.3. The number of benzene rings is 2. The standard InChI is InChI=1S/C20H24N2O3/c1-13-9-14(2)20(15(3)10-13)21-19(24)12-22(16(4)23)17-7-6-8-18(11-17)25-5/h6-11H,12H2,1-5H3,(H,21,24). The molecule has 2 aromatic rings. The summed E-state index contributed by atoms with van der Waals surface area (Å²) in [7, 11) is 1.56. The fourth-order valence-electron chi connectivity index (χ4n) is 2.86. The maximum Gasteiger partial charge on any atom is 0.244 e. The summed E-state index contributed by atoms with van der Waals surface area (Å²) in [4.78, 5) is 26.0. The van der Waals surface area contributed by atoms with Gasteiger partial charge in [0.1, 0.15) is 12.3 Å². The quantitative estimate of drug-likeness (QED) is 0.904. The summed E-state index contributed by atoms with van der Waals surface area (Å²) in [5, 5.41) is 2.93. The molecule has 0 atom stereocenters. The molecule has 0 radical (unpaired) electrons.